The van der Waals surface area contributed by atoms with E-state index in [9.17, 15) is 8.78 Å². The van der Waals surface area contributed by atoms with E-state index in [1.807, 2.05) is 64.5 Å². The molecule has 0 spiro atoms. The Bertz CT molecular complexity index is 783. The van der Waals surface area contributed by atoms with E-state index < -0.39 is 6.61 Å². The molecule has 0 aliphatic heterocycles. The summed E-state index contributed by atoms with van der Waals surface area (Å²) in [6.07, 6.45) is 10.9. The van der Waals surface area contributed by atoms with E-state index >= 15 is 0 Å². The molecule has 0 atom stereocenters. The van der Waals surface area contributed by atoms with Gasteiger partial charge >= 0.3 is 96.4 Å². The van der Waals surface area contributed by atoms with Crippen molar-refractivity contribution in [1.82, 2.24) is 34.0 Å². The predicted molar refractivity (Wildman–Crippen MR) is 106 cm³/mol. The molecule has 0 aromatic carbocycles. The minimum atomic E-state index is -2.07. The first-order valence-electron chi connectivity index (χ1n) is 9.14. The van der Waals surface area contributed by atoms with E-state index in [0.717, 1.165) is 0 Å². The van der Waals surface area contributed by atoms with Crippen molar-refractivity contribution < 1.29 is 33.7 Å². The van der Waals surface area contributed by atoms with E-state index in [1.165, 1.54) is 0 Å². The molecule has 3 rings (SSSR count). The number of aromatic nitrogens is 6. The topological polar surface area (TPSA) is 85.8 Å². The quantitative estimate of drug-likeness (QED) is 0.284. The summed E-state index contributed by atoms with van der Waals surface area (Å²) in [6, 6.07) is 5.80. The molecular weight excluding hydrogens is 451 g/mol. The minimum Gasteiger partial charge on any atom is -0.425 e. The van der Waals surface area contributed by atoms with Gasteiger partial charge in [0.15, 0.2) is 0 Å². The van der Waals surface area contributed by atoms with Gasteiger partial charge in [0.05, 0.1) is 0 Å². The maximum Gasteiger partial charge on any atom is 0.260 e. The summed E-state index contributed by atoms with van der Waals surface area (Å²) in [6.45, 7) is 10.0. The van der Waals surface area contributed by atoms with Crippen molar-refractivity contribution in [2.45, 2.75) is 39.8 Å². The molecule has 0 unspecified atom stereocenters. The minimum absolute atomic E-state index is 0.00926. The summed E-state index contributed by atoms with van der Waals surface area (Å²) in [5.41, 5.74) is 0. The van der Waals surface area contributed by atoms with Crippen LogP contribution in [0.1, 0.15) is 27.7 Å². The van der Waals surface area contributed by atoms with Gasteiger partial charge < -0.3 is 13.8 Å². The summed E-state index contributed by atoms with van der Waals surface area (Å²) in [5.74, 6) is 0. The summed E-state index contributed by atoms with van der Waals surface area (Å²) >= 11 is 3.44. The first kappa shape index (κ1) is 26.6. The fourth-order valence-electron chi connectivity index (χ4n) is 2.72. The average molecular weight is 474 g/mol. The van der Waals surface area contributed by atoms with E-state index in [1.54, 1.807) is 37.3 Å². The normalized spacial score (nSPS) is 10.9. The van der Waals surface area contributed by atoms with Gasteiger partial charge in [0.2, 0.25) is 0 Å². The molecule has 0 N–H and O–H groups in total. The van der Waals surface area contributed by atoms with Gasteiger partial charge in [-0.2, -0.15) is 0 Å². The summed E-state index contributed by atoms with van der Waals surface area (Å²) in [5, 5.41) is 12.7. The molecule has 1 radical (unpaired) electrons. The molecule has 13 heteroatoms. The Balaban J connectivity index is 0.000000295. The second-order valence-corrected chi connectivity index (χ2v) is 6.94. The van der Waals surface area contributed by atoms with Crippen LogP contribution in [0.15, 0.2) is 55.4 Å². The van der Waals surface area contributed by atoms with Crippen molar-refractivity contribution >= 4 is 11.8 Å². The molecule has 0 saturated heterocycles. The maximum atomic E-state index is 11.8. The molecule has 3 aromatic heterocycles. The Labute approximate surface area is 188 Å². The summed E-state index contributed by atoms with van der Waals surface area (Å²) in [7, 11) is -0.194. The van der Waals surface area contributed by atoms with E-state index in [0.29, 0.717) is 0 Å². The molecule has 168 valence electrons. The van der Waals surface area contributed by atoms with E-state index in [-0.39, 0.29) is 23.9 Å². The van der Waals surface area contributed by atoms with Gasteiger partial charge in [-0.1, -0.05) is 0 Å². The van der Waals surface area contributed by atoms with Gasteiger partial charge in [0, 0.05) is 18.6 Å². The van der Waals surface area contributed by atoms with Crippen LogP contribution in [0.3, 0.4) is 0 Å². The second kappa shape index (κ2) is 13.8. The van der Waals surface area contributed by atoms with Crippen molar-refractivity contribution in [3.05, 3.63) is 68.6 Å². The fraction of sp³-hybridized carbons (Fsp3) is 0.333. The molecule has 0 amide bonds. The van der Waals surface area contributed by atoms with Gasteiger partial charge in [0.1, 0.15) is 0 Å². The molecule has 0 aliphatic carbocycles. The summed E-state index contributed by atoms with van der Waals surface area (Å²) < 4.78 is 40.6. The van der Waals surface area contributed by atoms with Crippen LogP contribution in [0, 0.1) is 13.3 Å². The van der Waals surface area contributed by atoms with Crippen molar-refractivity contribution in [3.8, 4) is 0 Å². The van der Waals surface area contributed by atoms with Crippen LogP contribution >= 0.6 is 0 Å². The zero-order valence-corrected chi connectivity index (χ0v) is 18.6. The van der Waals surface area contributed by atoms with Gasteiger partial charge in [-0.3, -0.25) is 0 Å². The average Bonchev–Trinajstić information content (AvgIpc) is 3.48. The number of hydrogen-bond donors (Lipinski definition) is 0. The Morgan fingerprint density at radius 2 is 1.29 bits per heavy atom. The molecular formula is C18H23BF2FeN7O2-. The van der Waals surface area contributed by atoms with Gasteiger partial charge in [-0.25, -0.2) is 15.3 Å². The SMILES string of the molecule is CC(C)N([C](=[Fe+])O[C-](F)F)C(C)C.[C-]#[O+].c1cnn([B-](n2cccn2)n2cccn2)c1. The molecule has 0 bridgehead atoms. The molecule has 0 aliphatic rings. The number of hydrogen-bond acceptors (Lipinski definition) is 5. The van der Waals surface area contributed by atoms with Gasteiger partial charge in [0.25, 0.3) is 7.12 Å². The van der Waals surface area contributed by atoms with Gasteiger partial charge in [-0.05, 0) is 36.8 Å². The smallest absolute Gasteiger partial charge is 0.260 e. The summed E-state index contributed by atoms with van der Waals surface area (Å²) in [4.78, 5) is 1.68. The molecule has 3 aromatic rings. The Morgan fingerprint density at radius 1 is 0.935 bits per heavy atom. The Morgan fingerprint density at radius 3 is 1.52 bits per heavy atom. The molecule has 0 saturated carbocycles. The van der Waals surface area contributed by atoms with Crippen molar-refractivity contribution in [1.29, 1.82) is 0 Å². The molecule has 0 fully saturated rings. The van der Waals surface area contributed by atoms with Crippen LogP contribution in [-0.4, -0.2) is 57.9 Å². The largest absolute Gasteiger partial charge is 0.425 e. The van der Waals surface area contributed by atoms with Crippen LogP contribution in [0.5, 0.6) is 0 Å². The third kappa shape index (κ3) is 8.33. The third-order valence-electron chi connectivity index (χ3n) is 3.75. The van der Waals surface area contributed by atoms with Crippen molar-refractivity contribution in [2.75, 3.05) is 0 Å². The van der Waals surface area contributed by atoms with E-state index in [2.05, 4.69) is 42.3 Å². The third-order valence-corrected chi connectivity index (χ3v) is 4.15. The first-order valence-corrected chi connectivity index (χ1v) is 9.69. The van der Waals surface area contributed by atoms with Crippen LogP contribution in [-0.2, 0) is 25.0 Å². The molecule has 3 heterocycles. The van der Waals surface area contributed by atoms with Crippen LogP contribution in [0.4, 0.5) is 8.78 Å². The Kier molecular flexibility index (Phi) is 11.9. The first-order chi connectivity index (χ1) is 14.8. The maximum absolute atomic E-state index is 11.8. The standard InChI is InChI=1S/C9H9BN6.C8H14F2NO.CO.Fe/c1-4-11-14(7-1)10(15-8-2-5-12-15)16-9-3-6-13-16;1-6(2)11(7(3)4)5-12-8(9)10;1-2;/h1-9H;6-7H,1-4H3;;/q2*-1;;+1. The second-order valence-electron chi connectivity index (χ2n) is 6.47. The molecule has 9 nitrogen and oxygen atoms in total. The van der Waals surface area contributed by atoms with Crippen LogP contribution in [0.25, 0.3) is 0 Å². The number of ether oxygens (including phenoxy) is 1. The van der Waals surface area contributed by atoms with Crippen molar-refractivity contribution in [2.24, 2.45) is 0 Å². The predicted octanol–water partition coefficient (Wildman–Crippen LogP) is 2.31. The monoisotopic (exact) mass is 474 g/mol. The van der Waals surface area contributed by atoms with Gasteiger partial charge in [-0.15, -0.1) is 0 Å². The van der Waals surface area contributed by atoms with E-state index in [4.69, 9.17) is 4.65 Å². The van der Waals surface area contributed by atoms with Crippen molar-refractivity contribution in [3.63, 3.8) is 0 Å². The number of halogens is 2. The number of rotatable bonds is 8. The fourth-order valence-corrected chi connectivity index (χ4v) is 3.37. The number of nitrogens with zero attached hydrogens (tertiary/aromatic N) is 7. The van der Waals surface area contributed by atoms with Crippen LogP contribution in [0.2, 0.25) is 0 Å². The Hall–Kier alpha value is -2.40. The zero-order valence-electron chi connectivity index (χ0n) is 17.5. The molecule has 31 heavy (non-hydrogen) atoms. The van der Waals surface area contributed by atoms with Crippen LogP contribution < -0.4 is 0 Å². The zero-order chi connectivity index (χ0) is 23.4.